The van der Waals surface area contributed by atoms with Gasteiger partial charge in [0.15, 0.2) is 8.38 Å². The van der Waals surface area contributed by atoms with E-state index < -0.39 is 121 Å². The van der Waals surface area contributed by atoms with Crippen molar-refractivity contribution in [1.82, 2.24) is 15.1 Å². The predicted molar refractivity (Wildman–Crippen MR) is 275 cm³/mol. The highest BCUT2D eigenvalue weighted by Gasteiger charge is 2.60. The summed E-state index contributed by atoms with van der Waals surface area (Å²) < 4.78 is 35.4. The molecule has 1 fully saturated rings. The number of piperidine rings is 1. The van der Waals surface area contributed by atoms with E-state index in [1.54, 1.807) is 39.8 Å². The fraction of sp³-hybridized carbons (Fsp3) is 0.623. The number of phenols is 1. The molecule has 4 aliphatic heterocycles. The number of methoxy groups -OCH3 is 1. The van der Waals surface area contributed by atoms with Crippen molar-refractivity contribution in [1.29, 1.82) is 0 Å². The Balaban J connectivity index is 1.54. The van der Waals surface area contributed by atoms with Crippen molar-refractivity contribution in [2.45, 2.75) is 150 Å². The Morgan fingerprint density at radius 2 is 1.61 bits per heavy atom. The summed E-state index contributed by atoms with van der Waals surface area (Å²) in [5, 5.41) is 50.8. The second kappa shape index (κ2) is 23.9. The molecule has 75 heavy (non-hydrogen) atoms. The van der Waals surface area contributed by atoms with Gasteiger partial charge >= 0.3 is 23.8 Å². The summed E-state index contributed by atoms with van der Waals surface area (Å²) >= 11 is 0. The predicted octanol–water partition coefficient (Wildman–Crippen LogP) is 5.63. The number of phenolic OH excluding ortho intramolecular Hbond substituents is 1. The average Bonchev–Trinajstić information content (AvgIpc) is 3.81. The summed E-state index contributed by atoms with van der Waals surface area (Å²) in [5.74, 6) is -8.81. The van der Waals surface area contributed by atoms with Crippen molar-refractivity contribution in [2.75, 3.05) is 32.9 Å². The third kappa shape index (κ3) is 12.2. The highest BCUT2D eigenvalue weighted by Crippen LogP contribution is 2.54. The number of amides is 2. The van der Waals surface area contributed by atoms with Gasteiger partial charge in [-0.3, -0.25) is 29.1 Å². The van der Waals surface area contributed by atoms with E-state index in [1.807, 2.05) is 0 Å². The number of carbonyl (C=O) groups is 5. The number of aliphatic hydroxyl groups is 3. The summed E-state index contributed by atoms with van der Waals surface area (Å²) in [4.78, 5) is 97.4. The molecule has 6 rings (SSSR count). The van der Waals surface area contributed by atoms with Crippen LogP contribution in [0.3, 0.4) is 0 Å². The number of aliphatic hydroxyl groups excluding tert-OH is 3. The maximum atomic E-state index is 15.2. The first kappa shape index (κ1) is 58.8. The lowest BCUT2D eigenvalue weighted by atomic mass is 9.78. The van der Waals surface area contributed by atoms with Crippen LogP contribution in [0.5, 0.6) is 11.5 Å². The van der Waals surface area contributed by atoms with E-state index in [1.165, 1.54) is 65.0 Å². The Hall–Kier alpha value is -5.41. The van der Waals surface area contributed by atoms with Gasteiger partial charge in [-0.1, -0.05) is 59.8 Å². The molecule has 1 aromatic rings. The first-order chi connectivity index (χ1) is 35.2. The van der Waals surface area contributed by atoms with Gasteiger partial charge in [-0.15, -0.1) is 0 Å². The van der Waals surface area contributed by atoms with Gasteiger partial charge in [0.05, 0.1) is 47.1 Å². The van der Waals surface area contributed by atoms with Gasteiger partial charge < -0.3 is 68.9 Å². The topological polar surface area (TPSA) is 293 Å². The van der Waals surface area contributed by atoms with Crippen LogP contribution in [0.4, 0.5) is 4.79 Å². The van der Waals surface area contributed by atoms with Crippen molar-refractivity contribution in [3.8, 4) is 11.5 Å². The largest absolute Gasteiger partial charge is 0.507 e. The number of hydrogen-bond donors (Lipinski definition) is 7. The molecular weight excluding hydrogens is 996 g/mol. The number of hydrogen-bond acceptors (Lipinski definition) is 19. The quantitative estimate of drug-likeness (QED) is 0.0848. The maximum Gasteiger partial charge on any atom is 0.415 e. The van der Waals surface area contributed by atoms with Crippen molar-refractivity contribution >= 4 is 49.6 Å². The number of nitrogens with one attached hydrogen (secondary N) is 1. The molecule has 11 atom stereocenters. The number of Topliss-reactive ketones (excluding diaryl/α,β-unsaturated/α-hetero) is 1. The Bertz CT molecular complexity index is 2520. The molecule has 0 radical (unpaired) electrons. The fourth-order valence-corrected chi connectivity index (χ4v) is 11.2. The molecule has 1 aliphatic carbocycles. The van der Waals surface area contributed by atoms with Crippen LogP contribution < -0.4 is 10.1 Å². The highest BCUT2D eigenvalue weighted by atomic mass is 31.2. The molecule has 2 amide bonds. The first-order valence-corrected chi connectivity index (χ1v) is 26.9. The molecule has 1 saturated heterocycles. The van der Waals surface area contributed by atoms with Gasteiger partial charge in [0.2, 0.25) is 6.29 Å². The zero-order chi connectivity index (χ0) is 55.6. The van der Waals surface area contributed by atoms with Gasteiger partial charge in [-0.05, 0) is 32.3 Å². The number of ketones is 1. The number of rotatable bonds is 10. The van der Waals surface area contributed by atoms with E-state index in [9.17, 15) is 44.6 Å². The minimum absolute atomic E-state index is 0.00110. The van der Waals surface area contributed by atoms with Crippen molar-refractivity contribution in [3.63, 3.8) is 0 Å². The zero-order valence-corrected chi connectivity index (χ0v) is 45.8. The fourth-order valence-electron chi connectivity index (χ4n) is 10.8. The lowest BCUT2D eigenvalue weighted by Gasteiger charge is -2.45. The van der Waals surface area contributed by atoms with Crippen LogP contribution in [0.2, 0.25) is 0 Å². The van der Waals surface area contributed by atoms with Gasteiger partial charge in [0, 0.05) is 113 Å². The van der Waals surface area contributed by atoms with Gasteiger partial charge in [0.25, 0.3) is 11.7 Å². The van der Waals surface area contributed by atoms with Crippen LogP contribution in [0, 0.1) is 36.5 Å². The van der Waals surface area contributed by atoms with E-state index in [2.05, 4.69) is 24.1 Å². The van der Waals surface area contributed by atoms with E-state index >= 15 is 9.59 Å². The number of esters is 2. The molecule has 414 valence electrons. The molecule has 0 aromatic heterocycles. The number of aromatic hydroxyl groups is 1. The summed E-state index contributed by atoms with van der Waals surface area (Å²) in [5.41, 5.74) is -2.16. The van der Waals surface area contributed by atoms with Crippen molar-refractivity contribution < 1.29 is 82.6 Å². The zero-order valence-electron chi connectivity index (χ0n) is 44.9. The van der Waals surface area contributed by atoms with Crippen LogP contribution >= 0.6 is 8.38 Å². The first-order valence-electron chi connectivity index (χ1n) is 25.5. The Morgan fingerprint density at radius 3 is 2.23 bits per heavy atom. The number of fused-ring (bicyclic) bond motifs is 3. The molecule has 7 N–H and O–H groups in total. The molecule has 0 saturated carbocycles. The number of ether oxygens (including phenoxy) is 6. The molecule has 5 bridgehead atoms. The summed E-state index contributed by atoms with van der Waals surface area (Å²) in [6.45, 7) is 19.5. The number of aliphatic imine (C=N–C) groups is 1. The minimum atomic E-state index is -2.24. The molecule has 22 heteroatoms. The van der Waals surface area contributed by atoms with Gasteiger partial charge in [-0.2, -0.15) is 0 Å². The van der Waals surface area contributed by atoms with Crippen LogP contribution in [-0.4, -0.2) is 157 Å². The van der Waals surface area contributed by atoms with Crippen LogP contribution in [0.25, 0.3) is 5.76 Å². The number of allylic oxidation sites excluding steroid dienone is 2. The lowest BCUT2D eigenvalue weighted by molar-refractivity contribution is -0.167. The van der Waals surface area contributed by atoms with Crippen molar-refractivity contribution in [3.05, 3.63) is 64.1 Å². The van der Waals surface area contributed by atoms with Crippen LogP contribution in [0.1, 0.15) is 122 Å². The van der Waals surface area contributed by atoms with Crippen LogP contribution in [0.15, 0.2) is 46.8 Å². The molecule has 4 heterocycles. The monoisotopic (exact) mass is 1070 g/mol. The lowest BCUT2D eigenvalue weighted by Crippen LogP contribution is -2.59. The minimum Gasteiger partial charge on any atom is -0.507 e. The maximum absolute atomic E-state index is 15.2. The second-order valence-corrected chi connectivity index (χ2v) is 22.2. The second-order valence-electron chi connectivity index (χ2n) is 21.0. The standard InChI is InChI=1S/C53H75N4O17P/c1-26(2)25-56-21-19-53(20-22-56)55-40-37-38-45(62)32(8)48-39(37)49(64)52(11,74-48)70-23-18-35(69-12)29(5)47(71-33(9)58)31(7)44(61)30(6)43(60)27(3)15-13-16-28(4)50(65)54-41(46(38)63)42(40)57(53)51(66)73-34(10)72-36(59)17-14-24-75(67)68/h13,15-16,18,23,26-27,29-31,34-35,42-44,47,60-63,67-68H,14,17,19-22,24-25H2,1-12H3,(H,54,65)/b15-13+,23-18+,28-16-/t27-,29+,30+,31+,34?,35-,42?,43-,44+,47+,52-/m0/s1. The number of nitrogens with zero attached hydrogens (tertiary/aromatic N) is 3. The van der Waals surface area contributed by atoms with E-state index in [-0.39, 0.29) is 82.7 Å². The number of carbonyl (C=O) groups excluding carboxylic acids is 5. The third-order valence-corrected chi connectivity index (χ3v) is 15.6. The van der Waals surface area contributed by atoms with Gasteiger partial charge in [-0.25, -0.2) is 4.79 Å². The number of benzene rings is 1. The van der Waals surface area contributed by atoms with Crippen molar-refractivity contribution in [2.24, 2.45) is 34.6 Å². The smallest absolute Gasteiger partial charge is 0.415 e. The molecular formula is C53H75N4O17P. The molecule has 5 aliphatic rings. The Labute approximate surface area is 439 Å². The SMILES string of the molecule is CO[C@H]1/C=C/O[C@@]2(C)Oc3c(C)c(O)c4c(c3C2=O)C2=NC3(CCN(CC(C)C)CC3)N(C(=O)OC(C)OC(=O)CCCP(O)O)C2C(=C4O)NC(=O)/C(C)=C\C=C\[C@H](C)[C@H](O)[C@@H](C)[C@@H](O)[C@@H](C)[C@H](OC(C)=O)[C@@H]1C. The summed E-state index contributed by atoms with van der Waals surface area (Å²) in [7, 11) is -0.817. The van der Waals surface area contributed by atoms with Crippen LogP contribution in [-0.2, 0) is 38.1 Å². The summed E-state index contributed by atoms with van der Waals surface area (Å²) in [6, 6.07) is -1.51. The average molecular weight is 1070 g/mol. The van der Waals surface area contributed by atoms with E-state index in [0.29, 0.717) is 13.1 Å². The molecule has 21 nitrogen and oxygen atoms in total. The Morgan fingerprint density at radius 1 is 0.947 bits per heavy atom. The molecule has 1 spiro atoms. The Kier molecular flexibility index (Phi) is 18.7. The van der Waals surface area contributed by atoms with E-state index in [0.717, 1.165) is 6.54 Å². The molecule has 2 unspecified atom stereocenters. The molecule has 1 aromatic carbocycles. The normalized spacial score (nSPS) is 31.2. The van der Waals surface area contributed by atoms with E-state index in [4.69, 9.17) is 33.4 Å². The van der Waals surface area contributed by atoms with Gasteiger partial charge in [0.1, 0.15) is 35.1 Å². The third-order valence-electron chi connectivity index (χ3n) is 14.9. The number of likely N-dealkylation sites (tertiary alicyclic amines) is 1. The highest BCUT2D eigenvalue weighted by molar-refractivity contribution is 7.45. The summed E-state index contributed by atoms with van der Waals surface area (Å²) in [6.07, 6.45) is 0.945.